The summed E-state index contributed by atoms with van der Waals surface area (Å²) >= 11 is 0. The van der Waals surface area contributed by atoms with Crippen LogP contribution >= 0.6 is 0 Å². The number of Topliss-reactive ketones (excluding diaryl/α,β-unsaturated/α-hetero) is 3. The summed E-state index contributed by atoms with van der Waals surface area (Å²) in [5.74, 6) is -1.92. The van der Waals surface area contributed by atoms with Gasteiger partial charge in [0.15, 0.2) is 36.2 Å². The largest absolute Gasteiger partial charge is 0.394 e. The van der Waals surface area contributed by atoms with Crippen molar-refractivity contribution in [1.29, 1.82) is 0 Å². The highest BCUT2D eigenvalue weighted by atomic mass is 16.7. The molecule has 0 amide bonds. The summed E-state index contributed by atoms with van der Waals surface area (Å²) in [4.78, 5) is 38.8. The van der Waals surface area contributed by atoms with E-state index in [1.807, 2.05) is 13.8 Å². The molecular weight excluding hydrogens is 937 g/mol. The highest BCUT2D eigenvalue weighted by Gasteiger charge is 2.44. The molecular formula is C50H96O21. The molecule has 0 aromatic rings. The van der Waals surface area contributed by atoms with E-state index in [0.29, 0.717) is 44.9 Å². The van der Waals surface area contributed by atoms with Crippen molar-refractivity contribution in [3.8, 4) is 0 Å². The van der Waals surface area contributed by atoms with Crippen LogP contribution in [0.2, 0.25) is 0 Å². The Bertz CT molecular complexity index is 1260. The Balaban J connectivity index is 0.0000163. The molecule has 0 saturated carbocycles. The van der Waals surface area contributed by atoms with Crippen LogP contribution in [0.1, 0.15) is 121 Å². The number of unbranched alkanes of at least 4 members (excludes halogenated alkanes) is 3. The summed E-state index contributed by atoms with van der Waals surface area (Å²) in [7, 11) is 0. The third-order valence-corrected chi connectivity index (χ3v) is 12.8. The first kappa shape index (κ1) is 69.3. The van der Waals surface area contributed by atoms with Gasteiger partial charge in [0.05, 0.1) is 58.0 Å². The predicted octanol–water partition coefficient (Wildman–Crippen LogP) is 1.47. The third-order valence-electron chi connectivity index (χ3n) is 12.8. The van der Waals surface area contributed by atoms with E-state index in [-0.39, 0.29) is 124 Å². The fraction of sp³-hybridized carbons (Fsp3) is 0.940. The quantitative estimate of drug-likeness (QED) is 0.0406. The molecule has 3 saturated heterocycles. The minimum atomic E-state index is -1.23. The second-order valence-electron chi connectivity index (χ2n) is 19.4. The average molecular weight is 1030 g/mol. The Labute approximate surface area is 422 Å². The van der Waals surface area contributed by atoms with Crippen molar-refractivity contribution >= 4 is 17.3 Å². The number of aliphatic hydroxyl groups is 9. The standard InChI is InChI=1S/C47H84O21.3CH4/c1-28(2)18-47(25-60-22-32(51)12-6-9-15-63-44-29(3)38(54)41(57)35(19-48)66-44,26-61-23-33(52)13-7-10-16-64-45-30(4)39(55)42(58)36(20-49)67-45)27-62-24-34(53)14-8-11-17-65-46-31(5)40(56)43(59)37(21-50)68-46;;;/h28-31,35-46,48-50,54-59H,6-27H2,1-5H3;3*1H4/t29?,30?,31?,35?,36?,37?,38-,39-,40-,41+,42+,43+,44-,45-,46-,47?;;;/m1.../s1. The van der Waals surface area contributed by atoms with Crippen LogP contribution in [0, 0.1) is 29.1 Å². The van der Waals surface area contributed by atoms with Crippen molar-refractivity contribution in [3.05, 3.63) is 0 Å². The van der Waals surface area contributed by atoms with Crippen molar-refractivity contribution in [1.82, 2.24) is 0 Å². The van der Waals surface area contributed by atoms with Gasteiger partial charge in [0.25, 0.3) is 0 Å². The first-order valence-electron chi connectivity index (χ1n) is 24.4. The minimum absolute atomic E-state index is 0. The normalized spacial score (nSPS) is 31.7. The van der Waals surface area contributed by atoms with E-state index in [0.717, 1.165) is 0 Å². The number of carbonyl (C=O) groups excluding carboxylic acids is 3. The molecule has 0 aliphatic carbocycles. The van der Waals surface area contributed by atoms with E-state index < -0.39 is 117 Å². The summed E-state index contributed by atoms with van der Waals surface area (Å²) in [6.45, 7) is 7.86. The number of rotatable bonds is 35. The first-order valence-corrected chi connectivity index (χ1v) is 24.4. The molecule has 422 valence electrons. The summed E-state index contributed by atoms with van der Waals surface area (Å²) in [5, 5.41) is 89.5. The summed E-state index contributed by atoms with van der Waals surface area (Å²) < 4.78 is 52.0. The van der Waals surface area contributed by atoms with Crippen LogP contribution in [0.5, 0.6) is 0 Å². The van der Waals surface area contributed by atoms with Gasteiger partial charge in [-0.25, -0.2) is 0 Å². The summed E-state index contributed by atoms with van der Waals surface area (Å²) in [6, 6.07) is 0. The molecule has 6 unspecified atom stereocenters. The van der Waals surface area contributed by atoms with Gasteiger partial charge in [0, 0.05) is 62.3 Å². The summed E-state index contributed by atoms with van der Waals surface area (Å²) in [5.41, 5.74) is -0.825. The van der Waals surface area contributed by atoms with Gasteiger partial charge in [-0.15, -0.1) is 0 Å². The molecule has 0 aromatic heterocycles. The maximum absolute atomic E-state index is 12.9. The maximum atomic E-state index is 12.9. The predicted molar refractivity (Wildman–Crippen MR) is 260 cm³/mol. The van der Waals surface area contributed by atoms with Crippen molar-refractivity contribution in [2.45, 2.75) is 195 Å². The van der Waals surface area contributed by atoms with Gasteiger partial charge in [0.1, 0.15) is 56.4 Å². The molecule has 3 aliphatic rings. The Hall–Kier alpha value is -1.71. The second kappa shape index (κ2) is 36.3. The van der Waals surface area contributed by atoms with E-state index in [2.05, 4.69) is 0 Å². The van der Waals surface area contributed by atoms with Crippen LogP contribution in [-0.4, -0.2) is 216 Å². The van der Waals surface area contributed by atoms with Crippen molar-refractivity contribution in [2.75, 3.05) is 79.3 Å². The highest BCUT2D eigenvalue weighted by Crippen LogP contribution is 2.31. The van der Waals surface area contributed by atoms with E-state index >= 15 is 0 Å². The number of carbonyl (C=O) groups is 3. The lowest BCUT2D eigenvalue weighted by atomic mass is 9.82. The minimum Gasteiger partial charge on any atom is -0.394 e. The van der Waals surface area contributed by atoms with E-state index in [1.54, 1.807) is 20.8 Å². The second-order valence-corrected chi connectivity index (χ2v) is 19.4. The molecule has 3 aliphatic heterocycles. The van der Waals surface area contributed by atoms with Crippen LogP contribution < -0.4 is 0 Å². The summed E-state index contributed by atoms with van der Waals surface area (Å²) in [6.07, 6.45) is -8.30. The lowest BCUT2D eigenvalue weighted by Crippen LogP contribution is -2.55. The highest BCUT2D eigenvalue weighted by molar-refractivity contribution is 5.80. The average Bonchev–Trinajstić information content (AvgIpc) is 3.30. The molecule has 0 aromatic carbocycles. The smallest absolute Gasteiger partial charge is 0.163 e. The monoisotopic (exact) mass is 1030 g/mol. The molecule has 15 atom stereocenters. The number of ether oxygens (including phenoxy) is 9. The van der Waals surface area contributed by atoms with Gasteiger partial charge in [-0.2, -0.15) is 0 Å². The molecule has 0 bridgehead atoms. The number of ketones is 3. The first-order chi connectivity index (χ1) is 32.4. The number of hydrogen-bond acceptors (Lipinski definition) is 21. The van der Waals surface area contributed by atoms with Crippen molar-refractivity contribution in [3.63, 3.8) is 0 Å². The van der Waals surface area contributed by atoms with Gasteiger partial charge in [-0.3, -0.25) is 14.4 Å². The molecule has 3 fully saturated rings. The zero-order valence-electron chi connectivity index (χ0n) is 40.7. The Kier molecular flexibility index (Phi) is 35.4. The molecule has 3 rings (SSSR count). The number of hydrogen-bond donors (Lipinski definition) is 9. The zero-order valence-corrected chi connectivity index (χ0v) is 40.7. The lowest BCUT2D eigenvalue weighted by molar-refractivity contribution is -0.282. The lowest BCUT2D eigenvalue weighted by Gasteiger charge is -2.40. The molecule has 71 heavy (non-hydrogen) atoms. The SMILES string of the molecule is C.C.C.CC(C)CC(COCC(=O)CCCCO[C@@H]1OC(CO)[C@H](O)[C@H](O)C1C)(COCC(=O)CCCCO[C@@H]1OC(CO)[C@H](O)[C@H](O)C1C)COCC(=O)CCCCO[C@@H]1OC(CO)[C@H](O)[C@H](O)C1C. The van der Waals surface area contributed by atoms with Crippen LogP contribution in [-0.2, 0) is 57.0 Å². The molecule has 0 spiro atoms. The fourth-order valence-electron chi connectivity index (χ4n) is 8.63. The van der Waals surface area contributed by atoms with Crippen LogP contribution in [0.3, 0.4) is 0 Å². The molecule has 21 heteroatoms. The molecule has 21 nitrogen and oxygen atoms in total. The van der Waals surface area contributed by atoms with Gasteiger partial charge >= 0.3 is 0 Å². The van der Waals surface area contributed by atoms with Crippen LogP contribution in [0.25, 0.3) is 0 Å². The van der Waals surface area contributed by atoms with E-state index in [4.69, 9.17) is 42.6 Å². The van der Waals surface area contributed by atoms with E-state index in [1.165, 1.54) is 0 Å². The maximum Gasteiger partial charge on any atom is 0.163 e. The third kappa shape index (κ3) is 23.0. The zero-order chi connectivity index (χ0) is 50.4. The van der Waals surface area contributed by atoms with Crippen LogP contribution in [0.4, 0.5) is 0 Å². The van der Waals surface area contributed by atoms with Gasteiger partial charge in [-0.1, -0.05) is 56.9 Å². The van der Waals surface area contributed by atoms with Crippen molar-refractivity contribution < 1.29 is 103 Å². The molecule has 0 radical (unpaired) electrons. The Morgan fingerprint density at radius 1 is 0.465 bits per heavy atom. The van der Waals surface area contributed by atoms with Gasteiger partial charge < -0.3 is 88.6 Å². The fourth-order valence-corrected chi connectivity index (χ4v) is 8.63. The van der Waals surface area contributed by atoms with E-state index in [9.17, 15) is 60.3 Å². The van der Waals surface area contributed by atoms with Gasteiger partial charge in [-0.05, 0) is 50.9 Å². The Morgan fingerprint density at radius 2 is 0.732 bits per heavy atom. The molecule has 3 heterocycles. The molecule has 9 N–H and O–H groups in total. The van der Waals surface area contributed by atoms with Crippen LogP contribution in [0.15, 0.2) is 0 Å². The Morgan fingerprint density at radius 3 is 0.972 bits per heavy atom. The number of aliphatic hydroxyl groups excluding tert-OH is 9. The topological polar surface area (TPSA) is 316 Å². The van der Waals surface area contributed by atoms with Gasteiger partial charge in [0.2, 0.25) is 0 Å². The van der Waals surface area contributed by atoms with Crippen molar-refractivity contribution in [2.24, 2.45) is 29.1 Å².